The highest BCUT2D eigenvalue weighted by Gasteiger charge is 2.23. The highest BCUT2D eigenvalue weighted by molar-refractivity contribution is 6.05. The van der Waals surface area contributed by atoms with Crippen molar-refractivity contribution < 1.29 is 28.7 Å². The molecule has 3 rings (SSSR count). The van der Waals surface area contributed by atoms with E-state index in [2.05, 4.69) is 10.3 Å². The normalized spacial score (nSPS) is 14.6. The van der Waals surface area contributed by atoms with Gasteiger partial charge >= 0.3 is 12.1 Å². The maximum absolute atomic E-state index is 12.5. The monoisotopic (exact) mass is 439 g/mol. The summed E-state index contributed by atoms with van der Waals surface area (Å²) in [5, 5.41) is 2.90. The van der Waals surface area contributed by atoms with Gasteiger partial charge in [-0.1, -0.05) is 12.1 Å². The summed E-state index contributed by atoms with van der Waals surface area (Å²) in [5.41, 5.74) is 8.77. The maximum atomic E-state index is 12.5. The Morgan fingerprint density at radius 2 is 1.84 bits per heavy atom. The summed E-state index contributed by atoms with van der Waals surface area (Å²) in [6, 6.07) is 12.5. The molecule has 0 bridgehead atoms. The molecule has 2 aromatic carbocycles. The van der Waals surface area contributed by atoms with Gasteiger partial charge in [0.1, 0.15) is 17.7 Å². The van der Waals surface area contributed by atoms with Crippen LogP contribution >= 0.6 is 0 Å². The van der Waals surface area contributed by atoms with E-state index in [0.717, 1.165) is 29.7 Å². The standard InChI is InChI=1S/C22H25N3O4.CO2/c1-3-28-20(26)13-18-10-8-16-12-17(9-11-19(16)29-18)25-22(27)15-6-4-14(5-7-15)21(23)24-2;2-1-3/h4-7,9,11-12,18H,3,8,10,13H2,1-2H3,(H2,23,24)(H,25,27);. The van der Waals surface area contributed by atoms with Crippen LogP contribution in [0.4, 0.5) is 5.69 Å². The third-order valence-electron chi connectivity index (χ3n) is 4.73. The van der Waals surface area contributed by atoms with Crippen LogP contribution in [0.3, 0.4) is 0 Å². The van der Waals surface area contributed by atoms with Gasteiger partial charge in [0, 0.05) is 23.9 Å². The number of carbonyl (C=O) groups is 2. The molecule has 9 nitrogen and oxygen atoms in total. The molecular formula is C23H25N3O6. The minimum Gasteiger partial charge on any atom is -0.490 e. The lowest BCUT2D eigenvalue weighted by Gasteiger charge is -2.26. The smallest absolute Gasteiger partial charge is 0.373 e. The minimum absolute atomic E-state index is 0.181. The number of esters is 1. The van der Waals surface area contributed by atoms with Crippen molar-refractivity contribution in [2.75, 3.05) is 19.0 Å². The molecule has 0 aliphatic carbocycles. The Hall–Kier alpha value is -3.97. The fourth-order valence-corrected chi connectivity index (χ4v) is 3.20. The van der Waals surface area contributed by atoms with E-state index in [9.17, 15) is 9.59 Å². The molecule has 1 unspecified atom stereocenters. The highest BCUT2D eigenvalue weighted by Crippen LogP contribution is 2.31. The van der Waals surface area contributed by atoms with Crippen molar-refractivity contribution in [1.82, 2.24) is 0 Å². The van der Waals surface area contributed by atoms with Gasteiger partial charge in [0.25, 0.3) is 5.91 Å². The molecule has 168 valence electrons. The van der Waals surface area contributed by atoms with Crippen LogP contribution in [0.2, 0.25) is 0 Å². The number of amides is 1. The lowest BCUT2D eigenvalue weighted by molar-refractivity contribution is -0.191. The predicted molar refractivity (Wildman–Crippen MR) is 116 cm³/mol. The first kappa shape index (κ1) is 24.3. The summed E-state index contributed by atoms with van der Waals surface area (Å²) < 4.78 is 10.9. The van der Waals surface area contributed by atoms with Crippen molar-refractivity contribution in [3.8, 4) is 5.75 Å². The summed E-state index contributed by atoms with van der Waals surface area (Å²) >= 11 is 0. The van der Waals surface area contributed by atoms with Gasteiger partial charge in [-0.15, -0.1) is 0 Å². The van der Waals surface area contributed by atoms with Crippen LogP contribution in [0.1, 0.15) is 41.3 Å². The fraction of sp³-hybridized carbons (Fsp3) is 0.304. The number of hydrogen-bond donors (Lipinski definition) is 2. The second-order valence-electron chi connectivity index (χ2n) is 6.83. The maximum Gasteiger partial charge on any atom is 0.373 e. The SMILES string of the molecule is CCOC(=O)CC1CCc2cc(NC(=O)c3ccc(C(N)=NC)cc3)ccc2O1.O=C=O. The van der Waals surface area contributed by atoms with Gasteiger partial charge in [-0.3, -0.25) is 14.6 Å². The van der Waals surface area contributed by atoms with E-state index in [1.54, 1.807) is 44.3 Å². The van der Waals surface area contributed by atoms with E-state index in [0.29, 0.717) is 23.7 Å². The van der Waals surface area contributed by atoms with Gasteiger partial charge in [0.05, 0.1) is 13.0 Å². The number of aliphatic imine (C=N–C) groups is 1. The summed E-state index contributed by atoms with van der Waals surface area (Å²) in [7, 11) is 1.62. The quantitative estimate of drug-likeness (QED) is 0.400. The number of amidine groups is 1. The Bertz CT molecular complexity index is 1010. The molecule has 1 aliphatic heterocycles. The molecule has 1 aliphatic rings. The Kier molecular flexibility index (Phi) is 9.13. The molecule has 2 aromatic rings. The molecule has 0 aromatic heterocycles. The zero-order valence-electron chi connectivity index (χ0n) is 17.9. The molecule has 1 amide bonds. The minimum atomic E-state index is -0.247. The van der Waals surface area contributed by atoms with Crippen molar-refractivity contribution in [2.45, 2.75) is 32.3 Å². The molecule has 0 radical (unpaired) electrons. The lowest BCUT2D eigenvalue weighted by Crippen LogP contribution is -2.26. The molecule has 3 N–H and O–H groups in total. The van der Waals surface area contributed by atoms with Crippen LogP contribution in [0.15, 0.2) is 47.5 Å². The summed E-state index contributed by atoms with van der Waals surface area (Å²) in [4.78, 5) is 44.3. The molecule has 0 saturated carbocycles. The van der Waals surface area contributed by atoms with Crippen molar-refractivity contribution in [2.24, 2.45) is 10.7 Å². The third kappa shape index (κ3) is 6.78. The van der Waals surface area contributed by atoms with Gasteiger partial charge in [-0.05, 0) is 55.7 Å². The Morgan fingerprint density at radius 1 is 1.19 bits per heavy atom. The Morgan fingerprint density at radius 3 is 2.47 bits per heavy atom. The number of nitrogens with one attached hydrogen (secondary N) is 1. The van der Waals surface area contributed by atoms with Gasteiger partial charge in [0.2, 0.25) is 0 Å². The summed E-state index contributed by atoms with van der Waals surface area (Å²) in [5.74, 6) is 0.707. The van der Waals surface area contributed by atoms with Crippen LogP contribution in [0.25, 0.3) is 0 Å². The van der Waals surface area contributed by atoms with Gasteiger partial charge in [0.15, 0.2) is 0 Å². The molecule has 1 atom stereocenters. The first-order chi connectivity index (χ1) is 15.4. The van der Waals surface area contributed by atoms with Gasteiger partial charge in [-0.2, -0.15) is 9.59 Å². The number of anilines is 1. The summed E-state index contributed by atoms with van der Waals surface area (Å²) in [6.07, 6.45) is 1.81. The number of aryl methyl sites for hydroxylation is 1. The van der Waals surface area contributed by atoms with Crippen LogP contribution in [0.5, 0.6) is 5.75 Å². The van der Waals surface area contributed by atoms with E-state index in [-0.39, 0.29) is 30.6 Å². The fourth-order valence-electron chi connectivity index (χ4n) is 3.20. The molecule has 0 fully saturated rings. The average molecular weight is 439 g/mol. The second-order valence-corrected chi connectivity index (χ2v) is 6.83. The van der Waals surface area contributed by atoms with Crippen LogP contribution < -0.4 is 15.8 Å². The Balaban J connectivity index is 0.00000114. The van der Waals surface area contributed by atoms with E-state index >= 15 is 0 Å². The lowest BCUT2D eigenvalue weighted by atomic mass is 10.00. The number of rotatable bonds is 6. The first-order valence-corrected chi connectivity index (χ1v) is 10.00. The predicted octanol–water partition coefficient (Wildman–Crippen LogP) is 2.34. The first-order valence-electron chi connectivity index (χ1n) is 10.00. The topological polar surface area (TPSA) is 137 Å². The van der Waals surface area contributed by atoms with Crippen LogP contribution in [0, 0.1) is 0 Å². The van der Waals surface area contributed by atoms with Crippen molar-refractivity contribution in [3.05, 3.63) is 59.2 Å². The number of benzene rings is 2. The third-order valence-corrected chi connectivity index (χ3v) is 4.73. The zero-order chi connectivity index (χ0) is 23.5. The van der Waals surface area contributed by atoms with E-state index < -0.39 is 0 Å². The number of nitrogens with zero attached hydrogens (tertiary/aromatic N) is 1. The average Bonchev–Trinajstić information content (AvgIpc) is 2.79. The number of ether oxygens (including phenoxy) is 2. The number of fused-ring (bicyclic) bond motifs is 1. The number of nitrogens with two attached hydrogens (primary N) is 1. The highest BCUT2D eigenvalue weighted by atomic mass is 16.5. The second kappa shape index (κ2) is 12.0. The largest absolute Gasteiger partial charge is 0.490 e. The molecule has 1 heterocycles. The zero-order valence-corrected chi connectivity index (χ0v) is 17.9. The van der Waals surface area contributed by atoms with Crippen molar-refractivity contribution in [3.63, 3.8) is 0 Å². The van der Waals surface area contributed by atoms with Gasteiger partial charge in [-0.25, -0.2) is 0 Å². The Labute approximate surface area is 185 Å². The molecule has 0 saturated heterocycles. The van der Waals surface area contributed by atoms with E-state index in [4.69, 9.17) is 24.8 Å². The van der Waals surface area contributed by atoms with E-state index in [1.807, 2.05) is 12.1 Å². The van der Waals surface area contributed by atoms with E-state index in [1.165, 1.54) is 0 Å². The molecule has 32 heavy (non-hydrogen) atoms. The molecule has 0 spiro atoms. The molecular weight excluding hydrogens is 414 g/mol. The van der Waals surface area contributed by atoms with Crippen molar-refractivity contribution in [1.29, 1.82) is 0 Å². The van der Waals surface area contributed by atoms with Crippen LogP contribution in [-0.2, 0) is 25.5 Å². The summed E-state index contributed by atoms with van der Waals surface area (Å²) in [6.45, 7) is 2.15. The number of carbonyl (C=O) groups excluding carboxylic acids is 4. The van der Waals surface area contributed by atoms with Crippen molar-refractivity contribution >= 4 is 29.6 Å². The molecule has 9 heteroatoms. The van der Waals surface area contributed by atoms with Crippen LogP contribution in [-0.4, -0.2) is 43.6 Å². The number of hydrogen-bond acceptors (Lipinski definition) is 7. The van der Waals surface area contributed by atoms with Gasteiger partial charge < -0.3 is 20.5 Å².